The molecule has 0 saturated carbocycles. The van der Waals surface area contributed by atoms with E-state index in [1.165, 1.54) is 5.69 Å². The predicted octanol–water partition coefficient (Wildman–Crippen LogP) is 1.53. The van der Waals surface area contributed by atoms with Crippen molar-refractivity contribution in [2.24, 2.45) is 4.99 Å². The van der Waals surface area contributed by atoms with Gasteiger partial charge in [-0.15, -0.1) is 0 Å². The minimum Gasteiger partial charge on any atom is -0.264 e. The lowest BCUT2D eigenvalue weighted by Gasteiger charge is -2.20. The normalized spacial score (nSPS) is 26.4. The van der Waals surface area contributed by atoms with Crippen LogP contribution in [0.1, 0.15) is 0 Å². The van der Waals surface area contributed by atoms with Gasteiger partial charge in [-0.05, 0) is 0 Å². The quantitative estimate of drug-likeness (QED) is 0.572. The van der Waals surface area contributed by atoms with E-state index in [1.807, 2.05) is 24.7 Å². The van der Waals surface area contributed by atoms with Crippen LogP contribution in [0, 0.1) is 0 Å². The molecule has 2 heterocycles. The largest absolute Gasteiger partial charge is 0.264 e. The summed E-state index contributed by atoms with van der Waals surface area (Å²) in [5.41, 5.74) is 1.17. The molecule has 0 fully saturated rings. The number of nitrogens with zero attached hydrogens (tertiary/aromatic N) is 3. The van der Waals surface area contributed by atoms with Gasteiger partial charge in [0.1, 0.15) is 11.9 Å². The summed E-state index contributed by atoms with van der Waals surface area (Å²) in [6, 6.07) is 3.98. The van der Waals surface area contributed by atoms with E-state index in [4.69, 9.17) is 0 Å². The maximum Gasteiger partial charge on any atom is 0.199 e. The van der Waals surface area contributed by atoms with Crippen LogP contribution in [0.25, 0.3) is 0 Å². The first-order valence-electron chi connectivity index (χ1n) is 3.80. The summed E-state index contributed by atoms with van der Waals surface area (Å²) in [6.45, 7) is 0. The third-order valence-electron chi connectivity index (χ3n) is 1.99. The Balaban J connectivity index is 2.43. The number of hydrogen-bond donors (Lipinski definition) is 0. The summed E-state index contributed by atoms with van der Waals surface area (Å²) in [4.78, 5) is 8.03. The Morgan fingerprint density at radius 1 is 1.25 bits per heavy atom. The van der Waals surface area contributed by atoms with Crippen LogP contribution in [-0.2, 0) is 0 Å². The summed E-state index contributed by atoms with van der Waals surface area (Å²) in [6.07, 6.45) is 9.29. The molecule has 12 heavy (non-hydrogen) atoms. The van der Waals surface area contributed by atoms with Gasteiger partial charge in [0.15, 0.2) is 6.34 Å². The molecule has 1 atom stereocenters. The van der Waals surface area contributed by atoms with Crippen molar-refractivity contribution >= 4 is 12.0 Å². The molecule has 0 amide bonds. The fraction of sp³-hybridized carbons (Fsp3) is 0.111. The van der Waals surface area contributed by atoms with Crippen molar-refractivity contribution in [3.63, 3.8) is 0 Å². The molecular weight excluding hydrogens is 150 g/mol. The smallest absolute Gasteiger partial charge is 0.199 e. The molecule has 0 aliphatic carbocycles. The van der Waals surface area contributed by atoms with E-state index in [1.54, 1.807) is 18.6 Å². The number of rotatable bonds is 1. The Morgan fingerprint density at radius 3 is 2.58 bits per heavy atom. The van der Waals surface area contributed by atoms with E-state index < -0.39 is 0 Å². The summed E-state index contributed by atoms with van der Waals surface area (Å²) >= 11 is 0. The second kappa shape index (κ2) is 2.53. The maximum atomic E-state index is 4.06. The van der Waals surface area contributed by atoms with Crippen LogP contribution in [0.3, 0.4) is 0 Å². The van der Waals surface area contributed by atoms with Gasteiger partial charge < -0.3 is 0 Å². The monoisotopic (exact) mass is 160 g/mol. The lowest BCUT2D eigenvalue weighted by molar-refractivity contribution is 0.683. The van der Waals surface area contributed by atoms with Gasteiger partial charge >= 0.3 is 0 Å². The van der Waals surface area contributed by atoms with Gasteiger partial charge in [-0.2, -0.15) is 0 Å². The molecule has 2 rings (SSSR count). The van der Waals surface area contributed by atoms with Gasteiger partial charge in [0, 0.05) is 24.5 Å². The molecule has 0 spiro atoms. The molecule has 0 radical (unpaired) electrons. The van der Waals surface area contributed by atoms with Gasteiger partial charge in [-0.1, -0.05) is 0 Å². The first kappa shape index (κ1) is 7.18. The lowest BCUT2D eigenvalue weighted by Crippen LogP contribution is -2.35. The summed E-state index contributed by atoms with van der Waals surface area (Å²) < 4.78 is 0.628. The zero-order chi connectivity index (χ0) is 8.44. The minimum absolute atomic E-state index is 0.628. The Bertz CT molecular complexity index is 315. The van der Waals surface area contributed by atoms with Gasteiger partial charge in [0.05, 0.1) is 13.2 Å². The number of aliphatic imine (C=N–C) groups is 1. The summed E-state index contributed by atoms with van der Waals surface area (Å²) in [7, 11) is 2.07. The average molecular weight is 160 g/mol. The molecule has 0 unspecified atom stereocenters. The van der Waals surface area contributed by atoms with Crippen molar-refractivity contribution in [3.05, 3.63) is 36.9 Å². The molecular formula is C9H10N3+. The topological polar surface area (TPSA) is 25.2 Å². The molecule has 1 aliphatic rings. The van der Waals surface area contributed by atoms with Crippen molar-refractivity contribution < 1.29 is 0 Å². The standard InChI is InChI=1S/C9H10N3/c1-12(7-6-11-8-12)9-2-4-10-5-3-9/h2-8H,1H3/q+1/t12-/m1/s1. The first-order valence-corrected chi connectivity index (χ1v) is 3.80. The maximum absolute atomic E-state index is 4.06. The zero-order valence-electron chi connectivity index (χ0n) is 6.88. The Morgan fingerprint density at radius 2 is 2.00 bits per heavy atom. The van der Waals surface area contributed by atoms with Crippen LogP contribution in [-0.4, -0.2) is 18.4 Å². The SMILES string of the molecule is C[N@@+]1(c2ccncc2)C=CN=C1. The van der Waals surface area contributed by atoms with Gasteiger partial charge in [0.2, 0.25) is 0 Å². The van der Waals surface area contributed by atoms with E-state index >= 15 is 0 Å². The van der Waals surface area contributed by atoms with Crippen LogP contribution in [0.5, 0.6) is 0 Å². The third kappa shape index (κ3) is 1.04. The van der Waals surface area contributed by atoms with Crippen molar-refractivity contribution in [3.8, 4) is 0 Å². The predicted molar refractivity (Wildman–Crippen MR) is 49.6 cm³/mol. The molecule has 1 aromatic heterocycles. The van der Waals surface area contributed by atoms with Crippen molar-refractivity contribution in [2.75, 3.05) is 7.05 Å². The zero-order valence-corrected chi connectivity index (χ0v) is 6.88. The van der Waals surface area contributed by atoms with Crippen LogP contribution in [0.4, 0.5) is 5.69 Å². The molecule has 0 saturated heterocycles. The van der Waals surface area contributed by atoms with E-state index in [0.29, 0.717) is 4.48 Å². The van der Waals surface area contributed by atoms with Gasteiger partial charge in [-0.3, -0.25) is 4.98 Å². The van der Waals surface area contributed by atoms with Gasteiger partial charge in [0.25, 0.3) is 0 Å². The van der Waals surface area contributed by atoms with E-state index in [-0.39, 0.29) is 0 Å². The minimum atomic E-state index is 0.628. The molecule has 3 heteroatoms. The molecule has 3 nitrogen and oxygen atoms in total. The molecule has 0 aromatic carbocycles. The number of hydrogen-bond acceptors (Lipinski definition) is 2. The van der Waals surface area contributed by atoms with Crippen molar-refractivity contribution in [2.45, 2.75) is 0 Å². The second-order valence-corrected chi connectivity index (χ2v) is 2.92. The van der Waals surface area contributed by atoms with Gasteiger partial charge in [-0.25, -0.2) is 9.48 Å². The van der Waals surface area contributed by atoms with Crippen LogP contribution >= 0.6 is 0 Å². The van der Waals surface area contributed by atoms with Crippen molar-refractivity contribution in [1.29, 1.82) is 0 Å². The number of pyridine rings is 1. The van der Waals surface area contributed by atoms with E-state index in [0.717, 1.165) is 0 Å². The average Bonchev–Trinajstić information content (AvgIpc) is 2.55. The van der Waals surface area contributed by atoms with E-state index in [2.05, 4.69) is 17.0 Å². The molecule has 1 aliphatic heterocycles. The summed E-state index contributed by atoms with van der Waals surface area (Å²) in [5, 5.41) is 0. The number of aromatic nitrogens is 1. The Hall–Kier alpha value is -1.48. The Labute approximate surface area is 71.3 Å². The lowest BCUT2D eigenvalue weighted by atomic mass is 10.3. The highest BCUT2D eigenvalue weighted by Crippen LogP contribution is 2.20. The third-order valence-corrected chi connectivity index (χ3v) is 1.99. The first-order chi connectivity index (χ1) is 5.81. The summed E-state index contributed by atoms with van der Waals surface area (Å²) in [5.74, 6) is 0. The molecule has 0 N–H and O–H groups in total. The van der Waals surface area contributed by atoms with Crippen LogP contribution < -0.4 is 4.48 Å². The fourth-order valence-corrected chi connectivity index (χ4v) is 1.21. The molecule has 1 aromatic rings. The number of quaternary nitrogens is 1. The molecule has 60 valence electrons. The second-order valence-electron chi connectivity index (χ2n) is 2.92. The van der Waals surface area contributed by atoms with Crippen molar-refractivity contribution in [1.82, 2.24) is 9.47 Å². The highest BCUT2D eigenvalue weighted by atomic mass is 15.4. The highest BCUT2D eigenvalue weighted by molar-refractivity contribution is 5.77. The Kier molecular flexibility index (Phi) is 1.52. The fourth-order valence-electron chi connectivity index (χ4n) is 1.21. The van der Waals surface area contributed by atoms with E-state index in [9.17, 15) is 0 Å². The molecule has 0 bridgehead atoms. The highest BCUT2D eigenvalue weighted by Gasteiger charge is 2.22. The van der Waals surface area contributed by atoms with Crippen LogP contribution in [0.15, 0.2) is 41.9 Å². The van der Waals surface area contributed by atoms with Crippen LogP contribution in [0.2, 0.25) is 0 Å².